The fourth-order valence-electron chi connectivity index (χ4n) is 2.93. The van der Waals surface area contributed by atoms with Crippen LogP contribution in [0.4, 0.5) is 15.8 Å². The summed E-state index contributed by atoms with van der Waals surface area (Å²) in [7, 11) is -3.96. The minimum Gasteiger partial charge on any atom is -0.370 e. The number of carbonyl (C=O) groups is 1. The Kier molecular flexibility index (Phi) is 5.21. The lowest BCUT2D eigenvalue weighted by Gasteiger charge is -2.40. The van der Waals surface area contributed by atoms with Crippen LogP contribution in [0.2, 0.25) is 0 Å². The third kappa shape index (κ3) is 4.12. The zero-order valence-electron chi connectivity index (χ0n) is 15.1. The average Bonchev–Trinajstić information content (AvgIpc) is 2.61. The van der Waals surface area contributed by atoms with E-state index >= 15 is 0 Å². The summed E-state index contributed by atoms with van der Waals surface area (Å²) >= 11 is 0. The summed E-state index contributed by atoms with van der Waals surface area (Å²) < 4.78 is 42.2. The van der Waals surface area contributed by atoms with Crippen molar-refractivity contribution in [3.8, 4) is 0 Å². The minimum absolute atomic E-state index is 0.0838. The van der Waals surface area contributed by atoms with Crippen LogP contribution in [0.25, 0.3) is 0 Å². The van der Waals surface area contributed by atoms with E-state index in [1.807, 2.05) is 24.3 Å². The Morgan fingerprint density at radius 3 is 2.48 bits per heavy atom. The maximum Gasteiger partial charge on any atom is 0.296 e. The lowest BCUT2D eigenvalue weighted by molar-refractivity contribution is -0.122. The Bertz CT molecular complexity index is 942. The van der Waals surface area contributed by atoms with Crippen LogP contribution < -0.4 is 10.2 Å². The van der Waals surface area contributed by atoms with E-state index in [1.165, 1.54) is 0 Å². The van der Waals surface area contributed by atoms with Gasteiger partial charge in [-0.15, -0.1) is 0 Å². The molecule has 0 bridgehead atoms. The fourth-order valence-corrected chi connectivity index (χ4v) is 3.88. The van der Waals surface area contributed by atoms with Crippen LogP contribution in [0.15, 0.2) is 53.4 Å². The van der Waals surface area contributed by atoms with Crippen LogP contribution in [-0.4, -0.2) is 33.0 Å². The van der Waals surface area contributed by atoms with Crippen molar-refractivity contribution in [1.82, 2.24) is 0 Å². The highest BCUT2D eigenvalue weighted by Gasteiger charge is 2.38. The minimum atomic E-state index is -3.96. The average molecular weight is 392 g/mol. The van der Waals surface area contributed by atoms with Crippen LogP contribution in [-0.2, 0) is 19.1 Å². The van der Waals surface area contributed by atoms with Crippen LogP contribution in [0.5, 0.6) is 0 Å². The summed E-state index contributed by atoms with van der Waals surface area (Å²) in [5.41, 5.74) is 0.847. The monoisotopic (exact) mass is 392 g/mol. The number of carbonyl (C=O) groups excluding carboxylic acids is 1. The number of hydrogen-bond donors (Lipinski definition) is 1. The molecule has 0 unspecified atom stereocenters. The SMILES string of the molecule is CC1(C)Nc2ccccc2N(CCCOS(=O)(=O)c2ccc(F)cc2)C1=O. The fraction of sp³-hybridized carbons (Fsp3) is 0.316. The second-order valence-electron chi connectivity index (χ2n) is 6.81. The maximum atomic E-state index is 12.9. The molecule has 2 aromatic carbocycles. The number of hydrogen-bond acceptors (Lipinski definition) is 5. The molecule has 2 aromatic rings. The highest BCUT2D eigenvalue weighted by Crippen LogP contribution is 2.35. The topological polar surface area (TPSA) is 75.7 Å². The second kappa shape index (κ2) is 7.28. The van der Waals surface area contributed by atoms with E-state index in [1.54, 1.807) is 18.7 Å². The predicted octanol–water partition coefficient (Wildman–Crippen LogP) is 3.16. The Hall–Kier alpha value is -2.45. The molecule has 0 aromatic heterocycles. The van der Waals surface area contributed by atoms with Gasteiger partial charge in [0.25, 0.3) is 16.0 Å². The van der Waals surface area contributed by atoms with Gasteiger partial charge < -0.3 is 10.2 Å². The summed E-state index contributed by atoms with van der Waals surface area (Å²) in [4.78, 5) is 14.3. The van der Waals surface area contributed by atoms with E-state index in [4.69, 9.17) is 4.18 Å². The van der Waals surface area contributed by atoms with Gasteiger partial charge in [-0.3, -0.25) is 8.98 Å². The summed E-state index contributed by atoms with van der Waals surface area (Å²) in [6.45, 7) is 3.83. The molecule has 1 heterocycles. The summed E-state index contributed by atoms with van der Waals surface area (Å²) in [6, 6.07) is 11.9. The molecule has 1 amide bonds. The summed E-state index contributed by atoms with van der Waals surface area (Å²) in [5.74, 6) is -0.616. The third-order valence-corrected chi connectivity index (χ3v) is 5.62. The van der Waals surface area contributed by atoms with Crippen molar-refractivity contribution in [1.29, 1.82) is 0 Å². The molecule has 0 atom stereocenters. The first-order valence-electron chi connectivity index (χ1n) is 8.55. The number of fused-ring (bicyclic) bond motifs is 1. The molecule has 1 aliphatic heterocycles. The number of nitrogens with one attached hydrogen (secondary N) is 1. The first-order valence-corrected chi connectivity index (χ1v) is 9.96. The lowest BCUT2D eigenvalue weighted by atomic mass is 9.98. The molecule has 1 aliphatic rings. The van der Waals surface area contributed by atoms with Crippen LogP contribution in [0.1, 0.15) is 20.3 Å². The Morgan fingerprint density at radius 2 is 1.78 bits per heavy atom. The smallest absolute Gasteiger partial charge is 0.296 e. The van der Waals surface area contributed by atoms with Crippen molar-refractivity contribution in [3.05, 3.63) is 54.3 Å². The van der Waals surface area contributed by atoms with Gasteiger partial charge in [0.2, 0.25) is 0 Å². The van der Waals surface area contributed by atoms with Crippen molar-refractivity contribution < 1.29 is 21.8 Å². The van der Waals surface area contributed by atoms with Crippen molar-refractivity contribution >= 4 is 27.4 Å². The number of halogens is 1. The van der Waals surface area contributed by atoms with Crippen molar-refractivity contribution in [2.24, 2.45) is 0 Å². The lowest BCUT2D eigenvalue weighted by Crippen LogP contribution is -2.54. The first kappa shape index (κ1) is 19.3. The molecule has 144 valence electrons. The van der Waals surface area contributed by atoms with Gasteiger partial charge in [0.15, 0.2) is 0 Å². The molecule has 0 spiro atoms. The van der Waals surface area contributed by atoms with Crippen LogP contribution in [0, 0.1) is 5.82 Å². The summed E-state index contributed by atoms with van der Waals surface area (Å²) in [5, 5.41) is 3.21. The standard InChI is InChI=1S/C19H21FN2O4S/c1-19(2)18(23)22(17-7-4-3-6-16(17)21-19)12-5-13-26-27(24,25)15-10-8-14(20)9-11-15/h3-4,6-11,21H,5,12-13H2,1-2H3. The summed E-state index contributed by atoms with van der Waals surface area (Å²) in [6.07, 6.45) is 0.330. The van der Waals surface area contributed by atoms with Crippen LogP contribution >= 0.6 is 0 Å². The van der Waals surface area contributed by atoms with Gasteiger partial charge in [-0.1, -0.05) is 12.1 Å². The molecule has 0 aliphatic carbocycles. The molecular formula is C19H21FN2O4S. The molecule has 1 N–H and O–H groups in total. The van der Waals surface area contributed by atoms with Gasteiger partial charge >= 0.3 is 0 Å². The van der Waals surface area contributed by atoms with E-state index in [0.29, 0.717) is 13.0 Å². The van der Waals surface area contributed by atoms with Crippen molar-refractivity contribution in [2.75, 3.05) is 23.4 Å². The Balaban J connectivity index is 1.65. The van der Waals surface area contributed by atoms with Gasteiger partial charge in [0.1, 0.15) is 11.4 Å². The zero-order valence-corrected chi connectivity index (χ0v) is 15.9. The number of rotatable bonds is 6. The molecule has 8 heteroatoms. The normalized spacial score (nSPS) is 16.0. The largest absolute Gasteiger partial charge is 0.370 e. The van der Waals surface area contributed by atoms with Gasteiger partial charge in [0.05, 0.1) is 22.9 Å². The van der Waals surface area contributed by atoms with Gasteiger partial charge in [-0.05, 0) is 56.7 Å². The van der Waals surface area contributed by atoms with Crippen molar-refractivity contribution in [3.63, 3.8) is 0 Å². The molecule has 0 radical (unpaired) electrons. The molecule has 3 rings (SSSR count). The number of amides is 1. The van der Waals surface area contributed by atoms with Crippen LogP contribution in [0.3, 0.4) is 0 Å². The zero-order chi connectivity index (χ0) is 19.7. The van der Waals surface area contributed by atoms with E-state index in [2.05, 4.69) is 5.32 Å². The number of anilines is 2. The van der Waals surface area contributed by atoms with Gasteiger partial charge in [-0.2, -0.15) is 8.42 Å². The molecular weight excluding hydrogens is 371 g/mol. The quantitative estimate of drug-likeness (QED) is 0.604. The Labute approximate surface area is 158 Å². The predicted molar refractivity (Wildman–Crippen MR) is 101 cm³/mol. The van der Waals surface area contributed by atoms with Gasteiger partial charge in [0, 0.05) is 6.54 Å². The number of para-hydroxylation sites is 2. The van der Waals surface area contributed by atoms with E-state index in [-0.39, 0.29) is 17.4 Å². The molecule has 0 fully saturated rings. The first-order chi connectivity index (χ1) is 12.7. The maximum absolute atomic E-state index is 12.9. The molecule has 6 nitrogen and oxygen atoms in total. The third-order valence-electron chi connectivity index (χ3n) is 4.29. The van der Waals surface area contributed by atoms with Crippen molar-refractivity contribution in [2.45, 2.75) is 30.7 Å². The molecule has 0 saturated carbocycles. The van der Waals surface area contributed by atoms with Gasteiger partial charge in [-0.25, -0.2) is 4.39 Å². The molecule has 27 heavy (non-hydrogen) atoms. The van der Waals surface area contributed by atoms with E-state index in [9.17, 15) is 17.6 Å². The second-order valence-corrected chi connectivity index (χ2v) is 8.42. The Morgan fingerprint density at radius 1 is 1.11 bits per heavy atom. The van der Waals surface area contributed by atoms with E-state index in [0.717, 1.165) is 35.6 Å². The number of benzene rings is 2. The molecule has 0 saturated heterocycles. The number of nitrogens with zero attached hydrogens (tertiary/aromatic N) is 1. The highest BCUT2D eigenvalue weighted by atomic mass is 32.2. The highest BCUT2D eigenvalue weighted by molar-refractivity contribution is 7.86. The van der Waals surface area contributed by atoms with E-state index < -0.39 is 21.5 Å².